The largest absolute Gasteiger partial charge is 0.508 e. The number of para-hydroxylation sites is 1. The molecule has 0 spiro atoms. The molecule has 0 aromatic heterocycles. The van der Waals surface area contributed by atoms with E-state index in [9.17, 15) is 15.0 Å². The van der Waals surface area contributed by atoms with E-state index >= 15 is 0 Å². The molecule has 3 aromatic rings. The van der Waals surface area contributed by atoms with Gasteiger partial charge in [0.1, 0.15) is 22.7 Å². The number of hydrogen-bond acceptors (Lipinski definition) is 5. The topological polar surface area (TPSA) is 88.0 Å². The molecule has 0 saturated carbocycles. The summed E-state index contributed by atoms with van der Waals surface area (Å²) in [5, 5.41) is 23.3. The first-order chi connectivity index (χ1) is 14.1. The van der Waals surface area contributed by atoms with Crippen molar-refractivity contribution in [3.63, 3.8) is 0 Å². The zero-order chi connectivity index (χ0) is 20.6. The van der Waals surface area contributed by atoms with Crippen molar-refractivity contribution >= 4 is 11.6 Å². The number of aliphatic hydroxyl groups is 1. The molecule has 6 nitrogen and oxygen atoms in total. The monoisotopic (exact) mass is 391 g/mol. The van der Waals surface area contributed by atoms with Crippen LogP contribution in [-0.4, -0.2) is 30.3 Å². The minimum Gasteiger partial charge on any atom is -0.508 e. The summed E-state index contributed by atoms with van der Waals surface area (Å²) in [7, 11) is 3.06. The van der Waals surface area contributed by atoms with Crippen LogP contribution in [0, 0.1) is 0 Å². The third kappa shape index (κ3) is 2.72. The molecule has 0 saturated heterocycles. The standard InChI is InChI=1S/C23H21NO5/c1-28-16-9-7-14(13-25)18(12-16)23(19-11-15(26)8-10-21(19)29-2)17-5-3-4-6-20(17)24-22(23)27/h3-12,25-26H,13H2,1-2H3,(H,24,27). The lowest BCUT2D eigenvalue weighted by molar-refractivity contribution is -0.118. The number of ether oxygens (including phenoxy) is 2. The summed E-state index contributed by atoms with van der Waals surface area (Å²) >= 11 is 0. The fourth-order valence-corrected chi connectivity index (χ4v) is 4.10. The first kappa shape index (κ1) is 18.8. The molecule has 0 aliphatic carbocycles. The first-order valence-electron chi connectivity index (χ1n) is 9.13. The summed E-state index contributed by atoms with van der Waals surface area (Å²) in [6.45, 7) is -0.266. The van der Waals surface area contributed by atoms with Crippen molar-refractivity contribution in [3.8, 4) is 17.2 Å². The maximum absolute atomic E-state index is 13.6. The quantitative estimate of drug-likeness (QED) is 0.622. The van der Waals surface area contributed by atoms with Crippen molar-refractivity contribution in [1.29, 1.82) is 0 Å². The lowest BCUT2D eigenvalue weighted by Gasteiger charge is -2.32. The highest BCUT2D eigenvalue weighted by atomic mass is 16.5. The van der Waals surface area contributed by atoms with Gasteiger partial charge in [-0.25, -0.2) is 0 Å². The van der Waals surface area contributed by atoms with Crippen molar-refractivity contribution in [2.24, 2.45) is 0 Å². The molecule has 0 fully saturated rings. The zero-order valence-corrected chi connectivity index (χ0v) is 16.1. The van der Waals surface area contributed by atoms with Crippen LogP contribution in [0.4, 0.5) is 5.69 Å². The summed E-state index contributed by atoms with van der Waals surface area (Å²) < 4.78 is 11.0. The van der Waals surface area contributed by atoms with E-state index in [0.29, 0.717) is 39.4 Å². The van der Waals surface area contributed by atoms with E-state index in [-0.39, 0.29) is 18.3 Å². The molecular weight excluding hydrogens is 370 g/mol. The normalized spacial score (nSPS) is 17.6. The summed E-state index contributed by atoms with van der Waals surface area (Å²) in [5.41, 5.74) is 1.64. The van der Waals surface area contributed by atoms with E-state index in [0.717, 1.165) is 0 Å². The Bertz CT molecular complexity index is 1090. The molecule has 1 aliphatic rings. The molecule has 3 aromatic carbocycles. The molecule has 29 heavy (non-hydrogen) atoms. The molecule has 4 rings (SSSR count). The minimum atomic E-state index is -1.34. The molecule has 0 radical (unpaired) electrons. The van der Waals surface area contributed by atoms with E-state index in [1.807, 2.05) is 24.3 Å². The van der Waals surface area contributed by atoms with Gasteiger partial charge in [-0.05, 0) is 47.5 Å². The summed E-state index contributed by atoms with van der Waals surface area (Å²) in [6, 6.07) is 17.3. The van der Waals surface area contributed by atoms with E-state index < -0.39 is 5.41 Å². The van der Waals surface area contributed by atoms with Crippen LogP contribution in [0.25, 0.3) is 0 Å². The van der Waals surface area contributed by atoms with Crippen LogP contribution < -0.4 is 14.8 Å². The van der Waals surface area contributed by atoms with Gasteiger partial charge in [0, 0.05) is 16.8 Å². The Labute approximate surface area is 168 Å². The molecular formula is C23H21NO5. The number of phenolic OH excluding ortho intramolecular Hbond substituents is 1. The number of methoxy groups -OCH3 is 2. The summed E-state index contributed by atoms with van der Waals surface area (Å²) in [5.74, 6) is 0.700. The number of nitrogens with one attached hydrogen (secondary N) is 1. The number of carbonyl (C=O) groups is 1. The van der Waals surface area contributed by atoms with Crippen LogP contribution in [0.15, 0.2) is 60.7 Å². The molecule has 6 heteroatoms. The highest BCUT2D eigenvalue weighted by Crippen LogP contribution is 2.52. The van der Waals surface area contributed by atoms with Gasteiger partial charge in [0.25, 0.3) is 0 Å². The van der Waals surface area contributed by atoms with Crippen molar-refractivity contribution in [2.75, 3.05) is 19.5 Å². The number of aliphatic hydroxyl groups excluding tert-OH is 1. The van der Waals surface area contributed by atoms with Gasteiger partial charge in [-0.3, -0.25) is 4.79 Å². The van der Waals surface area contributed by atoms with Crippen LogP contribution >= 0.6 is 0 Å². The Hall–Kier alpha value is -3.51. The summed E-state index contributed by atoms with van der Waals surface area (Å²) in [4.78, 5) is 13.6. The zero-order valence-electron chi connectivity index (χ0n) is 16.1. The van der Waals surface area contributed by atoms with E-state index in [4.69, 9.17) is 9.47 Å². The maximum atomic E-state index is 13.6. The van der Waals surface area contributed by atoms with Gasteiger partial charge >= 0.3 is 0 Å². The van der Waals surface area contributed by atoms with E-state index in [1.54, 1.807) is 31.4 Å². The smallest absolute Gasteiger partial charge is 0.244 e. The van der Waals surface area contributed by atoms with Crippen LogP contribution in [0.1, 0.15) is 22.3 Å². The molecule has 0 bridgehead atoms. The number of benzene rings is 3. The van der Waals surface area contributed by atoms with Crippen molar-refractivity contribution < 1.29 is 24.5 Å². The fourth-order valence-electron chi connectivity index (χ4n) is 4.10. The summed E-state index contributed by atoms with van der Waals surface area (Å²) in [6.07, 6.45) is 0. The Morgan fingerprint density at radius 2 is 1.72 bits per heavy atom. The Morgan fingerprint density at radius 3 is 2.45 bits per heavy atom. The van der Waals surface area contributed by atoms with Crippen LogP contribution in [-0.2, 0) is 16.8 Å². The second-order valence-electron chi connectivity index (χ2n) is 6.82. The number of carbonyl (C=O) groups excluding carboxylic acids is 1. The number of hydrogen-bond donors (Lipinski definition) is 3. The number of aromatic hydroxyl groups is 1. The van der Waals surface area contributed by atoms with Gasteiger partial charge in [-0.2, -0.15) is 0 Å². The number of amides is 1. The number of anilines is 1. The van der Waals surface area contributed by atoms with Crippen molar-refractivity contribution in [1.82, 2.24) is 0 Å². The predicted molar refractivity (Wildman–Crippen MR) is 109 cm³/mol. The second kappa shape index (κ2) is 7.14. The van der Waals surface area contributed by atoms with Crippen LogP contribution in [0.5, 0.6) is 17.2 Å². The Kier molecular flexibility index (Phi) is 4.64. The third-order valence-electron chi connectivity index (χ3n) is 5.40. The van der Waals surface area contributed by atoms with Gasteiger partial charge in [-0.15, -0.1) is 0 Å². The van der Waals surface area contributed by atoms with Gasteiger partial charge in [0.05, 0.1) is 20.8 Å². The number of fused-ring (bicyclic) bond motifs is 1. The Morgan fingerprint density at radius 1 is 0.931 bits per heavy atom. The average Bonchev–Trinajstić information content (AvgIpc) is 3.05. The molecule has 1 aliphatic heterocycles. The molecule has 1 unspecified atom stereocenters. The SMILES string of the molecule is COc1ccc(CO)c(C2(c3cc(O)ccc3OC)C(=O)Nc3ccccc32)c1. The second-order valence-corrected chi connectivity index (χ2v) is 6.82. The van der Waals surface area contributed by atoms with Gasteiger partial charge in [-0.1, -0.05) is 24.3 Å². The van der Waals surface area contributed by atoms with Crippen LogP contribution in [0.3, 0.4) is 0 Å². The lowest BCUT2D eigenvalue weighted by atomic mass is 9.68. The minimum absolute atomic E-state index is 0.00537. The molecule has 148 valence electrons. The van der Waals surface area contributed by atoms with Gasteiger partial charge in [0.2, 0.25) is 5.91 Å². The predicted octanol–water partition coefficient (Wildman–Crippen LogP) is 3.19. The number of rotatable bonds is 5. The lowest BCUT2D eigenvalue weighted by Crippen LogP contribution is -2.38. The maximum Gasteiger partial charge on any atom is 0.244 e. The third-order valence-corrected chi connectivity index (χ3v) is 5.40. The highest BCUT2D eigenvalue weighted by molar-refractivity contribution is 6.12. The average molecular weight is 391 g/mol. The van der Waals surface area contributed by atoms with Gasteiger partial charge < -0.3 is 25.0 Å². The van der Waals surface area contributed by atoms with Crippen molar-refractivity contribution in [2.45, 2.75) is 12.0 Å². The molecule has 1 amide bonds. The Balaban J connectivity index is 2.18. The fraction of sp³-hybridized carbons (Fsp3) is 0.174. The van der Waals surface area contributed by atoms with E-state index in [1.165, 1.54) is 19.2 Å². The van der Waals surface area contributed by atoms with E-state index in [2.05, 4.69) is 5.32 Å². The molecule has 1 heterocycles. The van der Waals surface area contributed by atoms with Gasteiger partial charge in [0.15, 0.2) is 0 Å². The highest BCUT2D eigenvalue weighted by Gasteiger charge is 2.52. The molecule has 3 N–H and O–H groups in total. The van der Waals surface area contributed by atoms with Crippen LogP contribution in [0.2, 0.25) is 0 Å². The number of phenols is 1. The molecule has 1 atom stereocenters. The first-order valence-corrected chi connectivity index (χ1v) is 9.13. The van der Waals surface area contributed by atoms with Crippen molar-refractivity contribution in [3.05, 3.63) is 82.9 Å².